The van der Waals surface area contributed by atoms with Crippen LogP contribution in [0.5, 0.6) is 0 Å². The maximum atomic E-state index is 10.9. The van der Waals surface area contributed by atoms with Gasteiger partial charge in [-0.3, -0.25) is 4.40 Å². The summed E-state index contributed by atoms with van der Waals surface area (Å²) in [6, 6.07) is 6.24. The van der Waals surface area contributed by atoms with Crippen molar-refractivity contribution < 1.29 is 9.90 Å². The van der Waals surface area contributed by atoms with E-state index in [0.717, 1.165) is 16.8 Å². The molecular weight excluding hydrogens is 260 g/mol. The Morgan fingerprint density at radius 3 is 2.79 bits per heavy atom. The van der Waals surface area contributed by atoms with Gasteiger partial charge in [-0.05, 0) is 25.5 Å². The highest BCUT2D eigenvalue weighted by Gasteiger charge is 2.13. The van der Waals surface area contributed by atoms with Crippen LogP contribution in [0.4, 0.5) is 0 Å². The minimum absolute atomic E-state index is 0.301. The topological polar surface area (TPSA) is 54.6 Å². The molecule has 2 aromatic heterocycles. The fourth-order valence-electron chi connectivity index (χ4n) is 2.04. The number of rotatable bonds is 2. The van der Waals surface area contributed by atoms with E-state index in [0.29, 0.717) is 9.84 Å². The first-order valence-electron chi connectivity index (χ1n) is 5.84. The van der Waals surface area contributed by atoms with E-state index in [1.807, 2.05) is 20.0 Å². The van der Waals surface area contributed by atoms with Crippen molar-refractivity contribution in [2.75, 3.05) is 0 Å². The molecule has 96 valence electrons. The molecule has 0 aliphatic rings. The van der Waals surface area contributed by atoms with Crippen molar-refractivity contribution in [2.24, 2.45) is 0 Å². The van der Waals surface area contributed by atoms with Crippen LogP contribution in [0.15, 0.2) is 30.6 Å². The minimum Gasteiger partial charge on any atom is -0.477 e. The molecule has 0 radical (unpaired) electrons. The van der Waals surface area contributed by atoms with Gasteiger partial charge in [-0.15, -0.1) is 0 Å². The van der Waals surface area contributed by atoms with Crippen molar-refractivity contribution in [3.8, 4) is 11.3 Å². The summed E-state index contributed by atoms with van der Waals surface area (Å²) < 4.78 is 1.77. The van der Waals surface area contributed by atoms with E-state index < -0.39 is 5.97 Å². The predicted octanol–water partition coefficient (Wildman–Crippen LogP) is 3.38. The number of thiazole rings is 1. The number of benzene rings is 1. The molecule has 0 aliphatic heterocycles. The smallest absolute Gasteiger partial charge is 0.347 e. The van der Waals surface area contributed by atoms with Crippen molar-refractivity contribution in [3.05, 3.63) is 46.6 Å². The van der Waals surface area contributed by atoms with Gasteiger partial charge in [0.2, 0.25) is 0 Å². The fourth-order valence-corrected chi connectivity index (χ4v) is 2.84. The van der Waals surface area contributed by atoms with Crippen LogP contribution >= 0.6 is 11.3 Å². The largest absolute Gasteiger partial charge is 0.477 e. The van der Waals surface area contributed by atoms with E-state index in [2.05, 4.69) is 23.2 Å². The number of carbonyl (C=O) groups is 1. The lowest BCUT2D eigenvalue weighted by Crippen LogP contribution is -1.91. The van der Waals surface area contributed by atoms with Gasteiger partial charge in [0.25, 0.3) is 0 Å². The first-order chi connectivity index (χ1) is 9.04. The van der Waals surface area contributed by atoms with E-state index in [1.165, 1.54) is 16.9 Å². The van der Waals surface area contributed by atoms with Gasteiger partial charge in [0.1, 0.15) is 4.88 Å². The Balaban J connectivity index is 2.13. The van der Waals surface area contributed by atoms with E-state index in [-0.39, 0.29) is 0 Å². The van der Waals surface area contributed by atoms with Crippen LogP contribution in [0.3, 0.4) is 0 Å². The second-order valence-corrected chi connectivity index (χ2v) is 5.54. The van der Waals surface area contributed by atoms with Crippen molar-refractivity contribution in [2.45, 2.75) is 13.8 Å². The van der Waals surface area contributed by atoms with Crippen LogP contribution in [-0.4, -0.2) is 20.5 Å². The van der Waals surface area contributed by atoms with Crippen LogP contribution < -0.4 is 0 Å². The second-order valence-electron chi connectivity index (χ2n) is 4.53. The maximum Gasteiger partial charge on any atom is 0.347 e. The molecule has 0 aliphatic carbocycles. The highest BCUT2D eigenvalue weighted by Crippen LogP contribution is 2.27. The molecule has 3 rings (SSSR count). The lowest BCUT2D eigenvalue weighted by Gasteiger charge is -2.03. The number of hydrogen-bond donors (Lipinski definition) is 1. The molecule has 0 amide bonds. The maximum absolute atomic E-state index is 10.9. The average Bonchev–Trinajstić information content (AvgIpc) is 2.89. The zero-order valence-electron chi connectivity index (χ0n) is 10.5. The van der Waals surface area contributed by atoms with Gasteiger partial charge in [0.05, 0.1) is 5.69 Å². The molecule has 0 saturated heterocycles. The molecule has 0 unspecified atom stereocenters. The second kappa shape index (κ2) is 4.20. The average molecular weight is 272 g/mol. The number of carboxylic acid groups (broad SMARTS) is 1. The third-order valence-corrected chi connectivity index (χ3v) is 4.02. The Hall–Kier alpha value is -2.14. The van der Waals surface area contributed by atoms with E-state index >= 15 is 0 Å². The summed E-state index contributed by atoms with van der Waals surface area (Å²) in [4.78, 5) is 16.4. The van der Waals surface area contributed by atoms with E-state index in [4.69, 9.17) is 5.11 Å². The zero-order chi connectivity index (χ0) is 13.6. The van der Waals surface area contributed by atoms with Crippen LogP contribution in [-0.2, 0) is 0 Å². The monoisotopic (exact) mass is 272 g/mol. The summed E-state index contributed by atoms with van der Waals surface area (Å²) >= 11 is 1.18. The zero-order valence-corrected chi connectivity index (χ0v) is 11.4. The van der Waals surface area contributed by atoms with Crippen molar-refractivity contribution in [3.63, 3.8) is 0 Å². The number of aryl methyl sites for hydroxylation is 2. The predicted molar refractivity (Wildman–Crippen MR) is 74.9 cm³/mol. The van der Waals surface area contributed by atoms with E-state index in [1.54, 1.807) is 10.6 Å². The summed E-state index contributed by atoms with van der Waals surface area (Å²) in [7, 11) is 0. The number of imidazole rings is 1. The Bertz CT molecular complexity index is 754. The van der Waals surface area contributed by atoms with Crippen LogP contribution in [0, 0.1) is 13.8 Å². The Morgan fingerprint density at radius 1 is 1.32 bits per heavy atom. The molecule has 0 atom stereocenters. The molecule has 3 aromatic rings. The van der Waals surface area contributed by atoms with Crippen LogP contribution in [0.2, 0.25) is 0 Å². The standard InChI is InChI=1S/C14H12N2O2S/c1-8-3-4-9(2)10(5-8)11-6-16-7-12(13(17)18)19-14(16)15-11/h3-7H,1-2H3,(H,17,18). The highest BCUT2D eigenvalue weighted by molar-refractivity contribution is 7.18. The molecule has 2 heterocycles. The number of fused-ring (bicyclic) bond motifs is 1. The molecule has 0 saturated carbocycles. The Labute approximate surface area is 114 Å². The number of aromatic nitrogens is 2. The third-order valence-electron chi connectivity index (χ3n) is 3.04. The van der Waals surface area contributed by atoms with Gasteiger partial charge in [0.15, 0.2) is 4.96 Å². The third kappa shape index (κ3) is 2.02. The molecule has 1 N–H and O–H groups in total. The molecule has 0 spiro atoms. The van der Waals surface area contributed by atoms with Gasteiger partial charge >= 0.3 is 5.97 Å². The van der Waals surface area contributed by atoms with Gasteiger partial charge < -0.3 is 5.11 Å². The summed E-state index contributed by atoms with van der Waals surface area (Å²) in [5, 5.41) is 8.94. The molecule has 0 fully saturated rings. The Morgan fingerprint density at radius 2 is 2.11 bits per heavy atom. The first kappa shape index (κ1) is 11.9. The summed E-state index contributed by atoms with van der Waals surface area (Å²) in [6.07, 6.45) is 3.48. The number of aromatic carboxylic acids is 1. The van der Waals surface area contributed by atoms with Gasteiger partial charge in [-0.2, -0.15) is 0 Å². The summed E-state index contributed by atoms with van der Waals surface area (Å²) in [6.45, 7) is 4.09. The number of hydrogen-bond acceptors (Lipinski definition) is 3. The van der Waals surface area contributed by atoms with Crippen LogP contribution in [0.25, 0.3) is 16.2 Å². The van der Waals surface area contributed by atoms with Gasteiger partial charge in [-0.25, -0.2) is 9.78 Å². The highest BCUT2D eigenvalue weighted by atomic mass is 32.1. The molecule has 4 nitrogen and oxygen atoms in total. The SMILES string of the molecule is Cc1ccc(C)c(-c2cn3cc(C(=O)O)sc3n2)c1. The normalized spacial score (nSPS) is 11.1. The summed E-state index contributed by atoms with van der Waals surface area (Å²) in [5.74, 6) is -0.913. The number of nitrogens with zero attached hydrogens (tertiary/aromatic N) is 2. The van der Waals surface area contributed by atoms with Gasteiger partial charge in [-0.1, -0.05) is 29.0 Å². The van der Waals surface area contributed by atoms with Crippen molar-refractivity contribution >= 4 is 22.3 Å². The lowest BCUT2D eigenvalue weighted by atomic mass is 10.0. The lowest BCUT2D eigenvalue weighted by molar-refractivity contribution is 0.0702. The molecule has 5 heteroatoms. The van der Waals surface area contributed by atoms with Crippen molar-refractivity contribution in [1.82, 2.24) is 9.38 Å². The summed E-state index contributed by atoms with van der Waals surface area (Å²) in [5.41, 5.74) is 4.31. The Kier molecular flexibility index (Phi) is 2.64. The van der Waals surface area contributed by atoms with Gasteiger partial charge in [0, 0.05) is 18.0 Å². The van der Waals surface area contributed by atoms with E-state index in [9.17, 15) is 4.79 Å². The van der Waals surface area contributed by atoms with Crippen LogP contribution in [0.1, 0.15) is 20.8 Å². The van der Waals surface area contributed by atoms with Crippen molar-refractivity contribution in [1.29, 1.82) is 0 Å². The molecule has 1 aromatic carbocycles. The quantitative estimate of drug-likeness (QED) is 0.778. The minimum atomic E-state index is -0.913. The fraction of sp³-hybridized carbons (Fsp3) is 0.143. The molecule has 0 bridgehead atoms. The first-order valence-corrected chi connectivity index (χ1v) is 6.66. The molecular formula is C14H12N2O2S. The molecule has 19 heavy (non-hydrogen) atoms. The number of carboxylic acids is 1.